The molecule has 0 aliphatic carbocycles. The molecule has 0 N–H and O–H groups in total. The first kappa shape index (κ1) is 59.0. The lowest BCUT2D eigenvalue weighted by atomic mass is 9.86. The molecule has 0 amide bonds. The smallest absolute Gasteiger partial charge is 0.170 e. The molecule has 0 unspecified atom stereocenters. The predicted molar refractivity (Wildman–Crippen MR) is 307 cm³/mol. The van der Waals surface area contributed by atoms with Crippen molar-refractivity contribution in [3.8, 4) is 0 Å². The van der Waals surface area contributed by atoms with Crippen molar-refractivity contribution < 1.29 is 38.4 Å². The zero-order chi connectivity index (χ0) is 55.9. The second-order valence-electron chi connectivity index (χ2n) is 19.8. The summed E-state index contributed by atoms with van der Waals surface area (Å²) in [6, 6.07) is 65.3. The summed E-state index contributed by atoms with van der Waals surface area (Å²) in [6.07, 6.45) is -0.314. The van der Waals surface area contributed by atoms with E-state index in [2.05, 4.69) is 34.6 Å². The highest BCUT2D eigenvalue weighted by Gasteiger charge is 2.19. The van der Waals surface area contributed by atoms with E-state index in [1.54, 1.807) is 140 Å². The maximum Gasteiger partial charge on any atom is 0.170 e. The average molecular weight is 1020 g/mol. The van der Waals surface area contributed by atoms with Crippen molar-refractivity contribution in [2.45, 2.75) is 85.5 Å². The van der Waals surface area contributed by atoms with Crippen LogP contribution in [0.1, 0.15) is 171 Å². The molecule has 0 aliphatic rings. The number of hydrogen-bond donors (Lipinski definition) is 0. The number of carbonyl (C=O) groups excluding carboxylic acids is 8. The molecule has 8 aromatic rings. The molecule has 8 nitrogen and oxygen atoms in total. The van der Waals surface area contributed by atoms with Crippen LogP contribution in [0.2, 0.25) is 0 Å². The Kier molecular flexibility index (Phi) is 22.4. The van der Waals surface area contributed by atoms with Crippen LogP contribution in [0.15, 0.2) is 218 Å². The summed E-state index contributed by atoms with van der Waals surface area (Å²) in [5, 5.41) is 0. The van der Waals surface area contributed by atoms with Crippen LogP contribution < -0.4 is 0 Å². The van der Waals surface area contributed by atoms with Crippen LogP contribution >= 0.6 is 0 Å². The lowest BCUT2D eigenvalue weighted by Gasteiger charge is -2.18. The third-order valence-electron chi connectivity index (χ3n) is 12.5. The molecule has 0 saturated heterocycles. The monoisotopic (exact) mass is 1020 g/mol. The van der Waals surface area contributed by atoms with Crippen LogP contribution in [0.5, 0.6) is 0 Å². The molecular formula is C69H66O8. The highest BCUT2D eigenvalue weighted by atomic mass is 16.2. The van der Waals surface area contributed by atoms with Gasteiger partial charge in [-0.3, -0.25) is 38.4 Å². The number of Topliss-reactive ketones (excluding diaryl/α,β-unsaturated/α-hetero) is 8. The average Bonchev–Trinajstić information content (AvgIpc) is 3.44. The number of aryl methyl sites for hydroxylation is 2. The zero-order valence-electron chi connectivity index (χ0n) is 45.0. The van der Waals surface area contributed by atoms with Gasteiger partial charge in [-0.2, -0.15) is 0 Å². The lowest BCUT2D eigenvalue weighted by molar-refractivity contribution is 0.0877. The Hall–Kier alpha value is -8.88. The molecule has 0 radical (unpaired) electrons. The van der Waals surface area contributed by atoms with Crippen LogP contribution in [0.4, 0.5) is 0 Å². The molecule has 0 atom stereocenters. The first-order chi connectivity index (χ1) is 36.8. The minimum Gasteiger partial charge on any atom is -0.294 e. The van der Waals surface area contributed by atoms with Gasteiger partial charge in [0.2, 0.25) is 0 Å². The van der Waals surface area contributed by atoms with Crippen molar-refractivity contribution in [2.75, 3.05) is 0 Å². The molecule has 0 bridgehead atoms. The third kappa shape index (κ3) is 19.1. The van der Waals surface area contributed by atoms with E-state index in [1.807, 2.05) is 92.7 Å². The topological polar surface area (TPSA) is 137 Å². The summed E-state index contributed by atoms with van der Waals surface area (Å²) >= 11 is 0. The van der Waals surface area contributed by atoms with Crippen LogP contribution in [0.25, 0.3) is 0 Å². The van der Waals surface area contributed by atoms with Crippen molar-refractivity contribution in [1.82, 2.24) is 0 Å². The summed E-state index contributed by atoms with van der Waals surface area (Å²) in [6.45, 7) is 14.4. The number of rotatable bonds is 17. The Balaban J connectivity index is 0.000000190. The normalized spacial score (nSPS) is 10.5. The Labute approximate surface area is 453 Å². The molecule has 8 heteroatoms. The van der Waals surface area contributed by atoms with E-state index >= 15 is 0 Å². The minimum absolute atomic E-state index is 0.0570. The van der Waals surface area contributed by atoms with Crippen molar-refractivity contribution in [1.29, 1.82) is 0 Å². The van der Waals surface area contributed by atoms with Gasteiger partial charge in [-0.05, 0) is 41.9 Å². The predicted octanol–water partition coefficient (Wildman–Crippen LogP) is 15.6. The van der Waals surface area contributed by atoms with E-state index in [0.29, 0.717) is 50.4 Å². The van der Waals surface area contributed by atoms with Crippen LogP contribution in [-0.4, -0.2) is 46.3 Å². The van der Waals surface area contributed by atoms with Gasteiger partial charge in [-0.25, -0.2) is 0 Å². The lowest BCUT2D eigenvalue weighted by Crippen LogP contribution is -2.12. The number of ketones is 8. The Morgan fingerprint density at radius 2 is 0.571 bits per heavy atom. The largest absolute Gasteiger partial charge is 0.294 e. The molecule has 390 valence electrons. The first-order valence-corrected chi connectivity index (χ1v) is 25.6. The van der Waals surface area contributed by atoms with Crippen LogP contribution in [0.3, 0.4) is 0 Å². The zero-order valence-corrected chi connectivity index (χ0v) is 45.0. The van der Waals surface area contributed by atoms with Gasteiger partial charge in [0.25, 0.3) is 0 Å². The standard InChI is InChI=1S/C19H20O2.C18H18O2.2C16H14O2/c1-19(2,3)16-11-9-15(10-12-16)18(21)13-17(20)14-7-5-4-6-8-14;1-13(2)14-8-10-16(11-9-14)18(20)12-17(19)15-6-4-3-5-7-15;1-12-7-5-6-10-14(12)16(18)11-15(17)13-8-3-2-4-9-13;1-12-7-9-14(10-8-12)16(18)11-15(17)13-5-3-2-4-6-13/h4-12H,13H2,1-3H3;3-11,13H,12H2,1-2H3;2*2-10H,11H2,1H3. The molecule has 8 rings (SSSR count). The fourth-order valence-corrected chi connectivity index (χ4v) is 7.72. The van der Waals surface area contributed by atoms with Gasteiger partial charge in [-0.1, -0.05) is 259 Å². The van der Waals surface area contributed by atoms with Gasteiger partial charge in [0, 0.05) is 44.5 Å². The summed E-state index contributed by atoms with van der Waals surface area (Å²) < 4.78 is 0. The quantitative estimate of drug-likeness (QED) is 0.0649. The van der Waals surface area contributed by atoms with Gasteiger partial charge in [0.05, 0.1) is 25.7 Å². The van der Waals surface area contributed by atoms with Crippen LogP contribution in [0, 0.1) is 13.8 Å². The Morgan fingerprint density at radius 3 is 0.870 bits per heavy atom. The van der Waals surface area contributed by atoms with E-state index in [1.165, 1.54) is 11.1 Å². The fourth-order valence-electron chi connectivity index (χ4n) is 7.72. The fraction of sp³-hybridized carbons (Fsp3) is 0.188. The molecule has 8 aromatic carbocycles. The van der Waals surface area contributed by atoms with E-state index < -0.39 is 0 Å². The third-order valence-corrected chi connectivity index (χ3v) is 12.5. The van der Waals surface area contributed by atoms with E-state index in [0.717, 1.165) is 11.1 Å². The summed E-state index contributed by atoms with van der Waals surface area (Å²) in [5.74, 6) is -0.636. The molecule has 0 fully saturated rings. The SMILES string of the molecule is CC(C)(C)c1ccc(C(=O)CC(=O)c2ccccc2)cc1.CC(C)c1ccc(C(=O)CC(=O)c2ccccc2)cc1.Cc1ccc(C(=O)CC(=O)c2ccccc2)cc1.Cc1ccccc1C(=O)CC(=O)c1ccccc1. The minimum atomic E-state index is -0.138. The Bertz CT molecular complexity index is 3240. The van der Waals surface area contributed by atoms with E-state index in [9.17, 15) is 38.4 Å². The van der Waals surface area contributed by atoms with Crippen molar-refractivity contribution >= 4 is 46.3 Å². The highest BCUT2D eigenvalue weighted by molar-refractivity contribution is 6.16. The maximum absolute atomic E-state index is 12.2. The second kappa shape index (κ2) is 29.3. The molecule has 0 aromatic heterocycles. The molecule has 0 heterocycles. The van der Waals surface area contributed by atoms with Crippen molar-refractivity contribution in [3.63, 3.8) is 0 Å². The van der Waals surface area contributed by atoms with Gasteiger partial charge >= 0.3 is 0 Å². The first-order valence-electron chi connectivity index (χ1n) is 25.6. The van der Waals surface area contributed by atoms with Gasteiger partial charge in [0.15, 0.2) is 46.3 Å². The summed E-state index contributed by atoms with van der Waals surface area (Å²) in [4.78, 5) is 96.0. The molecule has 0 aliphatic heterocycles. The maximum atomic E-state index is 12.2. The number of hydrogen-bond acceptors (Lipinski definition) is 8. The molecule has 0 saturated carbocycles. The van der Waals surface area contributed by atoms with Crippen LogP contribution in [-0.2, 0) is 5.41 Å². The second-order valence-corrected chi connectivity index (χ2v) is 19.8. The summed E-state index contributed by atoms with van der Waals surface area (Å²) in [5.41, 5.74) is 9.15. The molecule has 0 spiro atoms. The molecule has 77 heavy (non-hydrogen) atoms. The Morgan fingerprint density at radius 1 is 0.312 bits per heavy atom. The van der Waals surface area contributed by atoms with E-state index in [4.69, 9.17) is 0 Å². The number of carbonyl (C=O) groups is 8. The van der Waals surface area contributed by atoms with E-state index in [-0.39, 0.29) is 77.4 Å². The van der Waals surface area contributed by atoms with Gasteiger partial charge in [0.1, 0.15) is 0 Å². The summed E-state index contributed by atoms with van der Waals surface area (Å²) in [7, 11) is 0. The van der Waals surface area contributed by atoms with Gasteiger partial charge in [-0.15, -0.1) is 0 Å². The number of benzene rings is 8. The van der Waals surface area contributed by atoms with Crippen molar-refractivity contribution in [2.24, 2.45) is 0 Å². The van der Waals surface area contributed by atoms with Crippen molar-refractivity contribution in [3.05, 3.63) is 285 Å². The molecular weight excluding hydrogens is 957 g/mol. The highest BCUT2D eigenvalue weighted by Crippen LogP contribution is 2.23. The van der Waals surface area contributed by atoms with Gasteiger partial charge < -0.3 is 0 Å².